The Morgan fingerprint density at radius 3 is 3.12 bits per heavy atom. The van der Waals surface area contributed by atoms with Gasteiger partial charge in [0, 0.05) is 32.1 Å². The molecule has 3 heterocycles. The van der Waals surface area contributed by atoms with E-state index in [2.05, 4.69) is 21.7 Å². The SMILES string of the molecule is CC1CCCn2c(CC3CCOC3)nnc21. The van der Waals surface area contributed by atoms with Crippen molar-refractivity contribution in [3.63, 3.8) is 0 Å². The molecule has 0 N–H and O–H groups in total. The number of nitrogens with zero attached hydrogens (tertiary/aromatic N) is 3. The summed E-state index contributed by atoms with van der Waals surface area (Å²) in [6, 6.07) is 0. The average Bonchev–Trinajstić information content (AvgIpc) is 2.90. The van der Waals surface area contributed by atoms with Crippen LogP contribution in [-0.4, -0.2) is 28.0 Å². The Bertz CT molecular complexity index is 368. The summed E-state index contributed by atoms with van der Waals surface area (Å²) in [6.07, 6.45) is 4.74. The third-order valence-corrected chi connectivity index (χ3v) is 3.81. The predicted molar refractivity (Wildman–Crippen MR) is 60.3 cm³/mol. The monoisotopic (exact) mass is 221 g/mol. The van der Waals surface area contributed by atoms with E-state index in [-0.39, 0.29) is 0 Å². The van der Waals surface area contributed by atoms with Gasteiger partial charge in [0.05, 0.1) is 0 Å². The Labute approximate surface area is 96.0 Å². The maximum atomic E-state index is 5.41. The first-order valence-electron chi connectivity index (χ1n) is 6.34. The molecule has 1 saturated heterocycles. The van der Waals surface area contributed by atoms with Crippen molar-refractivity contribution in [3.05, 3.63) is 11.6 Å². The normalized spacial score (nSPS) is 29.3. The number of ether oxygens (including phenoxy) is 1. The first kappa shape index (κ1) is 10.3. The van der Waals surface area contributed by atoms with Gasteiger partial charge >= 0.3 is 0 Å². The van der Waals surface area contributed by atoms with Crippen molar-refractivity contribution >= 4 is 0 Å². The lowest BCUT2D eigenvalue weighted by Gasteiger charge is -2.20. The van der Waals surface area contributed by atoms with Crippen LogP contribution in [0.25, 0.3) is 0 Å². The van der Waals surface area contributed by atoms with Crippen LogP contribution in [0, 0.1) is 5.92 Å². The fraction of sp³-hybridized carbons (Fsp3) is 0.833. The van der Waals surface area contributed by atoms with Gasteiger partial charge in [0.2, 0.25) is 0 Å². The second-order valence-electron chi connectivity index (χ2n) is 5.10. The second-order valence-corrected chi connectivity index (χ2v) is 5.10. The Kier molecular flexibility index (Phi) is 2.67. The minimum Gasteiger partial charge on any atom is -0.381 e. The number of fused-ring (bicyclic) bond motifs is 1. The summed E-state index contributed by atoms with van der Waals surface area (Å²) in [6.45, 7) is 5.18. The van der Waals surface area contributed by atoms with Crippen LogP contribution < -0.4 is 0 Å². The largest absolute Gasteiger partial charge is 0.381 e. The first-order valence-corrected chi connectivity index (χ1v) is 6.34. The molecule has 88 valence electrons. The molecule has 2 aliphatic rings. The Balaban J connectivity index is 1.79. The van der Waals surface area contributed by atoms with E-state index in [9.17, 15) is 0 Å². The molecule has 4 nitrogen and oxygen atoms in total. The molecule has 16 heavy (non-hydrogen) atoms. The highest BCUT2D eigenvalue weighted by Gasteiger charge is 2.24. The minimum absolute atomic E-state index is 0.579. The first-order chi connectivity index (χ1) is 7.84. The zero-order chi connectivity index (χ0) is 11.0. The maximum absolute atomic E-state index is 5.41. The van der Waals surface area contributed by atoms with E-state index < -0.39 is 0 Å². The van der Waals surface area contributed by atoms with Crippen LogP contribution in [-0.2, 0) is 17.7 Å². The van der Waals surface area contributed by atoms with Crippen LogP contribution in [0.5, 0.6) is 0 Å². The van der Waals surface area contributed by atoms with Crippen molar-refractivity contribution in [1.82, 2.24) is 14.8 Å². The zero-order valence-electron chi connectivity index (χ0n) is 9.85. The highest BCUT2D eigenvalue weighted by atomic mass is 16.5. The van der Waals surface area contributed by atoms with Crippen LogP contribution in [0.1, 0.15) is 43.8 Å². The zero-order valence-corrected chi connectivity index (χ0v) is 9.85. The molecule has 0 amide bonds. The molecule has 2 aliphatic heterocycles. The van der Waals surface area contributed by atoms with Crippen molar-refractivity contribution < 1.29 is 4.74 Å². The quantitative estimate of drug-likeness (QED) is 0.764. The molecule has 0 aliphatic carbocycles. The summed E-state index contributed by atoms with van der Waals surface area (Å²) in [4.78, 5) is 0. The molecule has 1 aromatic rings. The van der Waals surface area contributed by atoms with Crippen LogP contribution in [0.3, 0.4) is 0 Å². The van der Waals surface area contributed by atoms with Crippen LogP contribution >= 0.6 is 0 Å². The molecule has 0 radical (unpaired) electrons. The van der Waals surface area contributed by atoms with Crippen LogP contribution in [0.15, 0.2) is 0 Å². The van der Waals surface area contributed by atoms with Gasteiger partial charge in [-0.05, 0) is 25.2 Å². The highest BCUT2D eigenvalue weighted by Crippen LogP contribution is 2.27. The van der Waals surface area contributed by atoms with Gasteiger partial charge in [-0.25, -0.2) is 0 Å². The number of aromatic nitrogens is 3. The van der Waals surface area contributed by atoms with E-state index in [1.165, 1.54) is 30.9 Å². The Morgan fingerprint density at radius 1 is 1.38 bits per heavy atom. The van der Waals surface area contributed by atoms with Crippen molar-refractivity contribution in [2.75, 3.05) is 13.2 Å². The van der Waals surface area contributed by atoms with E-state index in [1.54, 1.807) is 0 Å². The molecule has 3 rings (SSSR count). The number of rotatable bonds is 2. The molecule has 0 aromatic carbocycles. The third kappa shape index (κ3) is 1.75. The van der Waals surface area contributed by atoms with Crippen molar-refractivity contribution in [1.29, 1.82) is 0 Å². The molecular formula is C12H19N3O. The van der Waals surface area contributed by atoms with E-state index in [1.807, 2.05) is 0 Å². The second kappa shape index (κ2) is 4.17. The lowest BCUT2D eigenvalue weighted by molar-refractivity contribution is 0.185. The average molecular weight is 221 g/mol. The topological polar surface area (TPSA) is 39.9 Å². The lowest BCUT2D eigenvalue weighted by Crippen LogP contribution is -2.18. The van der Waals surface area contributed by atoms with E-state index in [0.29, 0.717) is 11.8 Å². The minimum atomic E-state index is 0.579. The predicted octanol–water partition coefficient (Wildman–Crippen LogP) is 1.75. The fourth-order valence-electron chi connectivity index (χ4n) is 2.80. The van der Waals surface area contributed by atoms with Gasteiger partial charge in [0.25, 0.3) is 0 Å². The molecular weight excluding hydrogens is 202 g/mol. The molecule has 1 fully saturated rings. The molecule has 0 saturated carbocycles. The molecule has 2 unspecified atom stereocenters. The lowest BCUT2D eigenvalue weighted by atomic mass is 10.0. The van der Waals surface area contributed by atoms with E-state index in [4.69, 9.17) is 4.74 Å². The van der Waals surface area contributed by atoms with Gasteiger partial charge in [-0.3, -0.25) is 0 Å². The molecule has 4 heteroatoms. The summed E-state index contributed by atoms with van der Waals surface area (Å²) in [5, 5.41) is 8.72. The van der Waals surface area contributed by atoms with Gasteiger partial charge in [0.15, 0.2) is 0 Å². The summed E-state index contributed by atoms with van der Waals surface area (Å²) < 4.78 is 7.75. The van der Waals surface area contributed by atoms with Crippen molar-refractivity contribution in [2.24, 2.45) is 5.92 Å². The molecule has 0 spiro atoms. The van der Waals surface area contributed by atoms with Crippen molar-refractivity contribution in [3.8, 4) is 0 Å². The van der Waals surface area contributed by atoms with Gasteiger partial charge in [-0.15, -0.1) is 10.2 Å². The number of hydrogen-bond donors (Lipinski definition) is 0. The summed E-state index contributed by atoms with van der Waals surface area (Å²) in [5.41, 5.74) is 0. The summed E-state index contributed by atoms with van der Waals surface area (Å²) in [5.74, 6) is 3.61. The molecule has 2 atom stereocenters. The maximum Gasteiger partial charge on any atom is 0.135 e. The van der Waals surface area contributed by atoms with Gasteiger partial charge in [0.1, 0.15) is 11.6 Å². The highest BCUT2D eigenvalue weighted by molar-refractivity contribution is 5.04. The van der Waals surface area contributed by atoms with E-state index >= 15 is 0 Å². The third-order valence-electron chi connectivity index (χ3n) is 3.81. The Morgan fingerprint density at radius 2 is 2.31 bits per heavy atom. The molecule has 0 bridgehead atoms. The van der Waals surface area contributed by atoms with Gasteiger partial charge in [-0.2, -0.15) is 0 Å². The standard InChI is InChI=1S/C12H19N3O/c1-9-3-2-5-15-11(13-14-12(9)15)7-10-4-6-16-8-10/h9-10H,2-8H2,1H3. The summed E-state index contributed by atoms with van der Waals surface area (Å²) in [7, 11) is 0. The van der Waals surface area contributed by atoms with Gasteiger partial charge in [-0.1, -0.05) is 6.92 Å². The van der Waals surface area contributed by atoms with Gasteiger partial charge < -0.3 is 9.30 Å². The smallest absolute Gasteiger partial charge is 0.135 e. The van der Waals surface area contributed by atoms with Crippen LogP contribution in [0.2, 0.25) is 0 Å². The fourth-order valence-corrected chi connectivity index (χ4v) is 2.80. The molecule has 1 aromatic heterocycles. The number of hydrogen-bond acceptors (Lipinski definition) is 3. The van der Waals surface area contributed by atoms with Crippen LogP contribution in [0.4, 0.5) is 0 Å². The Hall–Kier alpha value is -0.900. The summed E-state index contributed by atoms with van der Waals surface area (Å²) >= 11 is 0. The van der Waals surface area contributed by atoms with Crippen molar-refractivity contribution in [2.45, 2.75) is 45.1 Å². The van der Waals surface area contributed by atoms with E-state index in [0.717, 1.165) is 26.2 Å².